The van der Waals surface area contributed by atoms with Crippen molar-refractivity contribution >= 4 is 17.3 Å². The number of para-hydroxylation sites is 1. The number of hydrogen-bond donors (Lipinski definition) is 0. The number of aryl methyl sites for hydroxylation is 1. The van der Waals surface area contributed by atoms with Gasteiger partial charge in [-0.15, -0.1) is 0 Å². The fourth-order valence-corrected chi connectivity index (χ4v) is 3.55. The summed E-state index contributed by atoms with van der Waals surface area (Å²) in [6.45, 7) is 4.74. The minimum Gasteiger partial charge on any atom is -0.312 e. The Bertz CT molecular complexity index is 784. The van der Waals surface area contributed by atoms with E-state index in [1.807, 2.05) is 36.9 Å². The number of carbonyl (C=O) groups is 1. The molecule has 1 heterocycles. The van der Waals surface area contributed by atoms with Gasteiger partial charge in [0.2, 0.25) is 5.91 Å². The van der Waals surface area contributed by atoms with Crippen LogP contribution in [-0.2, 0) is 11.2 Å². The highest BCUT2D eigenvalue weighted by molar-refractivity contribution is 5.99. The van der Waals surface area contributed by atoms with Gasteiger partial charge in [-0.2, -0.15) is 0 Å². The highest BCUT2D eigenvalue weighted by atomic mass is 16.6. The molecular formula is C20H22N2O3. The second-order valence-corrected chi connectivity index (χ2v) is 6.79. The smallest absolute Gasteiger partial charge is 0.269 e. The molecule has 25 heavy (non-hydrogen) atoms. The summed E-state index contributed by atoms with van der Waals surface area (Å²) in [4.78, 5) is 25.6. The number of nitrogens with zero attached hydrogens (tertiary/aromatic N) is 2. The molecule has 5 heteroatoms. The fraction of sp³-hybridized carbons (Fsp3) is 0.350. The molecule has 2 aromatic rings. The molecule has 0 N–H and O–H groups in total. The molecule has 1 atom stereocenters. The molecule has 0 spiro atoms. The van der Waals surface area contributed by atoms with E-state index in [1.165, 1.54) is 17.7 Å². The van der Waals surface area contributed by atoms with Gasteiger partial charge >= 0.3 is 0 Å². The quantitative estimate of drug-likeness (QED) is 0.616. The van der Waals surface area contributed by atoms with Gasteiger partial charge in [0, 0.05) is 24.4 Å². The SMILES string of the molecule is CC(C)C(C(=O)N1CCCc2ccccc21)c1ccc([N+](=O)[O-])cc1. The van der Waals surface area contributed by atoms with Crippen molar-refractivity contribution in [1.82, 2.24) is 0 Å². The summed E-state index contributed by atoms with van der Waals surface area (Å²) in [5.41, 5.74) is 3.07. The maximum atomic E-state index is 13.3. The van der Waals surface area contributed by atoms with Crippen molar-refractivity contribution in [2.24, 2.45) is 5.92 Å². The van der Waals surface area contributed by atoms with Gasteiger partial charge in [-0.05, 0) is 36.0 Å². The van der Waals surface area contributed by atoms with Crippen molar-refractivity contribution in [1.29, 1.82) is 0 Å². The second-order valence-electron chi connectivity index (χ2n) is 6.79. The normalized spacial score (nSPS) is 14.9. The third-order valence-electron chi connectivity index (χ3n) is 4.77. The van der Waals surface area contributed by atoms with Crippen molar-refractivity contribution in [3.8, 4) is 0 Å². The van der Waals surface area contributed by atoms with E-state index >= 15 is 0 Å². The standard InChI is InChI=1S/C20H22N2O3/c1-14(2)19(16-9-11-17(12-10-16)22(24)25)20(23)21-13-5-7-15-6-3-4-8-18(15)21/h3-4,6,8-12,14,19H,5,7,13H2,1-2H3. The summed E-state index contributed by atoms with van der Waals surface area (Å²) in [5.74, 6) is -0.147. The molecule has 1 amide bonds. The number of anilines is 1. The van der Waals surface area contributed by atoms with E-state index in [4.69, 9.17) is 0 Å². The van der Waals surface area contributed by atoms with Crippen LogP contribution in [-0.4, -0.2) is 17.4 Å². The molecule has 0 saturated heterocycles. The zero-order chi connectivity index (χ0) is 18.0. The molecule has 1 aliphatic rings. The first kappa shape index (κ1) is 17.1. The Morgan fingerprint density at radius 3 is 2.44 bits per heavy atom. The van der Waals surface area contributed by atoms with E-state index in [0.29, 0.717) is 6.54 Å². The van der Waals surface area contributed by atoms with Gasteiger partial charge in [0.15, 0.2) is 0 Å². The first-order chi connectivity index (χ1) is 12.0. The zero-order valence-electron chi connectivity index (χ0n) is 14.5. The lowest BCUT2D eigenvalue weighted by Crippen LogP contribution is -2.40. The van der Waals surface area contributed by atoms with Crippen molar-refractivity contribution in [2.45, 2.75) is 32.6 Å². The topological polar surface area (TPSA) is 63.5 Å². The van der Waals surface area contributed by atoms with E-state index in [0.717, 1.165) is 24.1 Å². The number of benzene rings is 2. The number of fused-ring (bicyclic) bond motifs is 1. The summed E-state index contributed by atoms with van der Waals surface area (Å²) in [7, 11) is 0. The summed E-state index contributed by atoms with van der Waals surface area (Å²) in [6, 6.07) is 14.4. The fourth-order valence-electron chi connectivity index (χ4n) is 3.55. The Hall–Kier alpha value is -2.69. The van der Waals surface area contributed by atoms with Gasteiger partial charge in [-0.1, -0.05) is 44.2 Å². The van der Waals surface area contributed by atoms with Crippen LogP contribution in [0.25, 0.3) is 0 Å². The average Bonchev–Trinajstić information content (AvgIpc) is 2.61. The number of hydrogen-bond acceptors (Lipinski definition) is 3. The Kier molecular flexibility index (Phi) is 4.83. The van der Waals surface area contributed by atoms with Crippen molar-refractivity contribution in [2.75, 3.05) is 11.4 Å². The third-order valence-corrected chi connectivity index (χ3v) is 4.77. The summed E-state index contributed by atoms with van der Waals surface area (Å²) in [5, 5.41) is 10.9. The monoisotopic (exact) mass is 338 g/mol. The molecule has 130 valence electrons. The molecule has 1 aliphatic heterocycles. The molecular weight excluding hydrogens is 316 g/mol. The predicted molar refractivity (Wildman–Crippen MR) is 97.8 cm³/mol. The van der Waals surface area contributed by atoms with Crippen LogP contribution in [0.1, 0.15) is 37.3 Å². The van der Waals surface area contributed by atoms with Crippen LogP contribution in [0.4, 0.5) is 11.4 Å². The zero-order valence-corrected chi connectivity index (χ0v) is 14.5. The minimum absolute atomic E-state index is 0.0435. The molecule has 0 aromatic heterocycles. The number of rotatable bonds is 4. The van der Waals surface area contributed by atoms with Crippen molar-refractivity contribution < 1.29 is 9.72 Å². The van der Waals surface area contributed by atoms with Gasteiger partial charge in [-0.3, -0.25) is 14.9 Å². The van der Waals surface area contributed by atoms with Gasteiger partial charge in [0.1, 0.15) is 0 Å². The summed E-state index contributed by atoms with van der Waals surface area (Å²) in [6.07, 6.45) is 1.94. The van der Waals surface area contributed by atoms with Crippen molar-refractivity contribution in [3.63, 3.8) is 0 Å². The first-order valence-electron chi connectivity index (χ1n) is 8.62. The van der Waals surface area contributed by atoms with E-state index in [2.05, 4.69) is 6.07 Å². The maximum Gasteiger partial charge on any atom is 0.269 e. The van der Waals surface area contributed by atoms with E-state index in [1.54, 1.807) is 12.1 Å². The van der Waals surface area contributed by atoms with Gasteiger partial charge in [-0.25, -0.2) is 0 Å². The molecule has 5 nitrogen and oxygen atoms in total. The molecule has 2 aromatic carbocycles. The van der Waals surface area contributed by atoms with Crippen LogP contribution in [0.15, 0.2) is 48.5 Å². The Balaban J connectivity index is 1.94. The van der Waals surface area contributed by atoms with Crippen LogP contribution in [0.5, 0.6) is 0 Å². The van der Waals surface area contributed by atoms with Crippen LogP contribution in [0.2, 0.25) is 0 Å². The van der Waals surface area contributed by atoms with E-state index in [-0.39, 0.29) is 23.4 Å². The summed E-state index contributed by atoms with van der Waals surface area (Å²) >= 11 is 0. The lowest BCUT2D eigenvalue weighted by molar-refractivity contribution is -0.384. The Morgan fingerprint density at radius 2 is 1.80 bits per heavy atom. The molecule has 0 aliphatic carbocycles. The minimum atomic E-state index is -0.420. The van der Waals surface area contributed by atoms with Crippen LogP contribution in [0, 0.1) is 16.0 Å². The Morgan fingerprint density at radius 1 is 1.12 bits per heavy atom. The van der Waals surface area contributed by atoms with Crippen molar-refractivity contribution in [3.05, 3.63) is 69.8 Å². The third kappa shape index (κ3) is 3.40. The lowest BCUT2D eigenvalue weighted by atomic mass is 9.86. The summed E-state index contributed by atoms with van der Waals surface area (Å²) < 4.78 is 0. The predicted octanol–water partition coefficient (Wildman–Crippen LogP) is 4.31. The van der Waals surface area contributed by atoms with E-state index in [9.17, 15) is 14.9 Å². The van der Waals surface area contributed by atoms with Crippen LogP contribution in [0.3, 0.4) is 0 Å². The van der Waals surface area contributed by atoms with Crippen LogP contribution >= 0.6 is 0 Å². The molecule has 3 rings (SSSR count). The van der Waals surface area contributed by atoms with Crippen LogP contribution < -0.4 is 4.90 Å². The van der Waals surface area contributed by atoms with Gasteiger partial charge in [0.05, 0.1) is 10.8 Å². The second kappa shape index (κ2) is 7.05. The highest BCUT2D eigenvalue weighted by Crippen LogP contribution is 2.33. The first-order valence-corrected chi connectivity index (χ1v) is 8.62. The Labute approximate surface area is 147 Å². The lowest BCUT2D eigenvalue weighted by Gasteiger charge is -2.33. The molecule has 1 unspecified atom stereocenters. The van der Waals surface area contributed by atoms with E-state index < -0.39 is 4.92 Å². The average molecular weight is 338 g/mol. The molecule has 0 fully saturated rings. The van der Waals surface area contributed by atoms with Gasteiger partial charge in [0.25, 0.3) is 5.69 Å². The molecule has 0 saturated carbocycles. The van der Waals surface area contributed by atoms with Gasteiger partial charge < -0.3 is 4.90 Å². The number of carbonyl (C=O) groups excluding carboxylic acids is 1. The number of nitro benzene ring substituents is 1. The number of amides is 1. The number of non-ortho nitro benzene ring substituents is 1. The maximum absolute atomic E-state index is 13.3. The molecule has 0 bridgehead atoms. The molecule has 0 radical (unpaired) electrons. The highest BCUT2D eigenvalue weighted by Gasteiger charge is 2.31. The number of nitro groups is 1. The largest absolute Gasteiger partial charge is 0.312 e.